The summed E-state index contributed by atoms with van der Waals surface area (Å²) < 4.78 is 2.14. The van der Waals surface area contributed by atoms with Crippen LogP contribution in [-0.4, -0.2) is 32.8 Å². The van der Waals surface area contributed by atoms with Crippen LogP contribution in [0.2, 0.25) is 0 Å². The fraction of sp³-hybridized carbons (Fsp3) is 0.500. The minimum absolute atomic E-state index is 0.0162. The third-order valence-electron chi connectivity index (χ3n) is 4.36. The Morgan fingerprint density at radius 3 is 2.71 bits per heavy atom. The number of amides is 1. The van der Waals surface area contributed by atoms with Gasteiger partial charge in [0.1, 0.15) is 17.7 Å². The lowest BCUT2D eigenvalue weighted by Crippen LogP contribution is -2.47. The molecule has 1 aromatic heterocycles. The van der Waals surface area contributed by atoms with Crippen molar-refractivity contribution in [3.63, 3.8) is 0 Å². The van der Waals surface area contributed by atoms with Crippen LogP contribution in [0.3, 0.4) is 0 Å². The summed E-state index contributed by atoms with van der Waals surface area (Å²) in [5.41, 5.74) is 0.988. The Labute approximate surface area is 142 Å². The molecular formula is C18H25N5O. The van der Waals surface area contributed by atoms with Crippen LogP contribution >= 0.6 is 0 Å². The van der Waals surface area contributed by atoms with Crippen molar-refractivity contribution in [3.05, 3.63) is 47.5 Å². The van der Waals surface area contributed by atoms with Gasteiger partial charge in [0.05, 0.1) is 0 Å². The van der Waals surface area contributed by atoms with E-state index in [0.717, 1.165) is 36.6 Å². The number of carbonyl (C=O) groups is 1. The number of nitrogens with zero attached hydrogens (tertiary/aromatic N) is 3. The Morgan fingerprint density at radius 2 is 2.00 bits per heavy atom. The van der Waals surface area contributed by atoms with Gasteiger partial charge in [0.15, 0.2) is 0 Å². The molecule has 0 bridgehead atoms. The summed E-state index contributed by atoms with van der Waals surface area (Å²) in [6.07, 6.45) is 1.84. The quantitative estimate of drug-likeness (QED) is 0.878. The predicted molar refractivity (Wildman–Crippen MR) is 92.5 cm³/mol. The molecule has 1 aliphatic rings. The molecular weight excluding hydrogens is 302 g/mol. The maximum atomic E-state index is 12.7. The Balaban J connectivity index is 1.77. The van der Waals surface area contributed by atoms with Crippen molar-refractivity contribution < 1.29 is 4.79 Å². The first kappa shape index (κ1) is 16.6. The Bertz CT molecular complexity index is 695. The molecule has 24 heavy (non-hydrogen) atoms. The van der Waals surface area contributed by atoms with Crippen molar-refractivity contribution in [1.82, 2.24) is 25.4 Å². The molecule has 1 aliphatic heterocycles. The van der Waals surface area contributed by atoms with Crippen LogP contribution in [-0.2, 0) is 17.8 Å². The van der Waals surface area contributed by atoms with E-state index in [1.54, 1.807) is 0 Å². The summed E-state index contributed by atoms with van der Waals surface area (Å²) in [7, 11) is 0. The predicted octanol–water partition coefficient (Wildman–Crippen LogP) is 1.76. The van der Waals surface area contributed by atoms with Gasteiger partial charge in [0.25, 0.3) is 0 Å². The molecule has 1 aromatic carbocycles. The van der Waals surface area contributed by atoms with E-state index in [1.165, 1.54) is 0 Å². The van der Waals surface area contributed by atoms with Crippen molar-refractivity contribution in [3.8, 4) is 0 Å². The van der Waals surface area contributed by atoms with Gasteiger partial charge < -0.3 is 9.88 Å². The Hall–Kier alpha value is -2.21. The van der Waals surface area contributed by atoms with Crippen LogP contribution in [0.15, 0.2) is 30.3 Å². The zero-order valence-corrected chi connectivity index (χ0v) is 14.5. The first-order valence-electron chi connectivity index (χ1n) is 8.54. The van der Waals surface area contributed by atoms with Gasteiger partial charge in [-0.3, -0.25) is 10.1 Å². The van der Waals surface area contributed by atoms with Crippen LogP contribution in [0, 0.1) is 6.92 Å². The largest absolute Gasteiger partial charge is 0.352 e. The van der Waals surface area contributed by atoms with Crippen LogP contribution in [0.4, 0.5) is 0 Å². The normalized spacial score (nSPS) is 18.2. The number of aryl methyl sites for hydroxylation is 2. The Kier molecular flexibility index (Phi) is 4.94. The first-order valence-corrected chi connectivity index (χ1v) is 8.54. The standard InChI is InChI=1S/C18H25N5O/c1-12(2)19-18(24)17(14-7-5-4-6-8-14)20-15-9-10-16-22-21-13(3)23(16)11-15/h4-8,12,15,17,20H,9-11H2,1-3H3,(H,19,24)/t15-,17-/m0/s1. The molecule has 0 radical (unpaired) electrons. The van der Waals surface area contributed by atoms with E-state index in [2.05, 4.69) is 25.4 Å². The maximum absolute atomic E-state index is 12.7. The molecule has 2 aromatic rings. The van der Waals surface area contributed by atoms with E-state index in [9.17, 15) is 4.79 Å². The topological polar surface area (TPSA) is 71.8 Å². The second-order valence-electron chi connectivity index (χ2n) is 6.68. The lowest BCUT2D eigenvalue weighted by molar-refractivity contribution is -0.124. The molecule has 2 N–H and O–H groups in total. The molecule has 0 saturated carbocycles. The number of benzene rings is 1. The van der Waals surface area contributed by atoms with Crippen molar-refractivity contribution in [2.75, 3.05) is 0 Å². The number of hydrogen-bond donors (Lipinski definition) is 2. The van der Waals surface area contributed by atoms with Crippen molar-refractivity contribution in [1.29, 1.82) is 0 Å². The highest BCUT2D eigenvalue weighted by molar-refractivity contribution is 5.83. The molecule has 2 heterocycles. The smallest absolute Gasteiger partial charge is 0.241 e. The number of aromatic nitrogens is 3. The summed E-state index contributed by atoms with van der Waals surface area (Å²) in [5, 5.41) is 14.9. The lowest BCUT2D eigenvalue weighted by atomic mass is 10.0. The average Bonchev–Trinajstić information content (AvgIpc) is 2.93. The zero-order valence-electron chi connectivity index (χ0n) is 14.5. The number of rotatable bonds is 5. The lowest BCUT2D eigenvalue weighted by Gasteiger charge is -2.29. The van der Waals surface area contributed by atoms with Crippen LogP contribution in [0.25, 0.3) is 0 Å². The number of hydrogen-bond acceptors (Lipinski definition) is 4. The van der Waals surface area contributed by atoms with Crippen molar-refractivity contribution in [2.45, 2.75) is 58.3 Å². The fourth-order valence-electron chi connectivity index (χ4n) is 3.17. The van der Waals surface area contributed by atoms with Gasteiger partial charge >= 0.3 is 0 Å². The summed E-state index contributed by atoms with van der Waals surface area (Å²) >= 11 is 0. The van der Waals surface area contributed by atoms with Gasteiger partial charge in [-0.25, -0.2) is 0 Å². The minimum atomic E-state index is -0.350. The average molecular weight is 327 g/mol. The third-order valence-corrected chi connectivity index (χ3v) is 4.36. The minimum Gasteiger partial charge on any atom is -0.352 e. The van der Waals surface area contributed by atoms with E-state index >= 15 is 0 Å². The van der Waals surface area contributed by atoms with Gasteiger partial charge in [-0.1, -0.05) is 30.3 Å². The summed E-state index contributed by atoms with van der Waals surface area (Å²) in [6, 6.07) is 9.88. The highest BCUT2D eigenvalue weighted by Crippen LogP contribution is 2.20. The SMILES string of the molecule is Cc1nnc2n1C[C@@H](N[C@H](C(=O)NC(C)C)c1ccccc1)CC2. The fourth-order valence-corrected chi connectivity index (χ4v) is 3.17. The van der Waals surface area contributed by atoms with Gasteiger partial charge in [0, 0.05) is 25.0 Å². The van der Waals surface area contributed by atoms with Gasteiger partial charge in [-0.15, -0.1) is 10.2 Å². The summed E-state index contributed by atoms with van der Waals surface area (Å²) in [5.74, 6) is 1.98. The van der Waals surface area contributed by atoms with Crippen LogP contribution in [0.5, 0.6) is 0 Å². The molecule has 0 fully saturated rings. The van der Waals surface area contributed by atoms with Crippen molar-refractivity contribution >= 4 is 5.91 Å². The van der Waals surface area contributed by atoms with Crippen LogP contribution in [0.1, 0.15) is 43.5 Å². The van der Waals surface area contributed by atoms with Gasteiger partial charge in [0.2, 0.25) is 5.91 Å². The number of carbonyl (C=O) groups excluding carboxylic acids is 1. The maximum Gasteiger partial charge on any atom is 0.241 e. The molecule has 0 aliphatic carbocycles. The van der Waals surface area contributed by atoms with E-state index in [0.29, 0.717) is 0 Å². The Morgan fingerprint density at radius 1 is 1.25 bits per heavy atom. The van der Waals surface area contributed by atoms with E-state index < -0.39 is 0 Å². The van der Waals surface area contributed by atoms with Gasteiger partial charge in [-0.2, -0.15) is 0 Å². The first-order chi connectivity index (χ1) is 11.5. The molecule has 128 valence electrons. The molecule has 3 rings (SSSR count). The molecule has 6 heteroatoms. The molecule has 2 atom stereocenters. The second-order valence-corrected chi connectivity index (χ2v) is 6.68. The van der Waals surface area contributed by atoms with E-state index in [-0.39, 0.29) is 24.0 Å². The third kappa shape index (κ3) is 3.64. The number of nitrogens with one attached hydrogen (secondary N) is 2. The number of fused-ring (bicyclic) bond motifs is 1. The van der Waals surface area contributed by atoms with Gasteiger partial charge in [-0.05, 0) is 32.8 Å². The molecule has 0 spiro atoms. The van der Waals surface area contributed by atoms with Crippen molar-refractivity contribution in [2.24, 2.45) is 0 Å². The molecule has 0 unspecified atom stereocenters. The highest BCUT2D eigenvalue weighted by atomic mass is 16.2. The molecule has 1 amide bonds. The monoisotopic (exact) mass is 327 g/mol. The summed E-state index contributed by atoms with van der Waals surface area (Å²) in [4.78, 5) is 12.7. The van der Waals surface area contributed by atoms with E-state index in [4.69, 9.17) is 0 Å². The second kappa shape index (κ2) is 7.13. The highest BCUT2D eigenvalue weighted by Gasteiger charge is 2.27. The molecule has 6 nitrogen and oxygen atoms in total. The zero-order chi connectivity index (χ0) is 17.1. The molecule has 0 saturated heterocycles. The van der Waals surface area contributed by atoms with Crippen LogP contribution < -0.4 is 10.6 Å². The summed E-state index contributed by atoms with van der Waals surface area (Å²) in [6.45, 7) is 6.73. The van der Waals surface area contributed by atoms with E-state index in [1.807, 2.05) is 51.1 Å².